The Labute approximate surface area is 100 Å². The Bertz CT molecular complexity index is 300. The molecule has 0 aromatic heterocycles. The summed E-state index contributed by atoms with van der Waals surface area (Å²) in [6, 6.07) is 0. The molecule has 0 radical (unpaired) electrons. The zero-order valence-corrected chi connectivity index (χ0v) is 10.7. The van der Waals surface area contributed by atoms with Crippen LogP contribution in [-0.4, -0.2) is 23.5 Å². The van der Waals surface area contributed by atoms with E-state index in [0.717, 1.165) is 6.08 Å². The summed E-state index contributed by atoms with van der Waals surface area (Å²) in [7, 11) is 0. The highest BCUT2D eigenvalue weighted by atomic mass is 17.2. The van der Waals surface area contributed by atoms with E-state index in [1.165, 1.54) is 13.8 Å². The fourth-order valence-corrected chi connectivity index (χ4v) is 0.664. The summed E-state index contributed by atoms with van der Waals surface area (Å²) in [6.07, 6.45) is 0.000890. The molecule has 6 nitrogen and oxygen atoms in total. The smallest absolute Gasteiger partial charge is 0.428 e. The van der Waals surface area contributed by atoms with E-state index in [9.17, 15) is 9.59 Å². The van der Waals surface area contributed by atoms with Crippen LogP contribution >= 0.6 is 0 Å². The molecular formula is C11H18O6. The van der Waals surface area contributed by atoms with Gasteiger partial charge in [-0.25, -0.2) is 9.59 Å². The van der Waals surface area contributed by atoms with Crippen molar-refractivity contribution in [2.75, 3.05) is 0 Å². The van der Waals surface area contributed by atoms with Gasteiger partial charge in [-0.15, -0.1) is 4.89 Å². The number of ether oxygens (including phenoxy) is 2. The Kier molecular flexibility index (Phi) is 5.15. The van der Waals surface area contributed by atoms with Crippen LogP contribution in [-0.2, 0) is 24.0 Å². The lowest BCUT2D eigenvalue weighted by Crippen LogP contribution is -2.35. The maximum Gasteiger partial charge on any atom is 0.511 e. The number of carbonyl (C=O) groups excluding carboxylic acids is 2. The molecule has 0 heterocycles. The van der Waals surface area contributed by atoms with Crippen molar-refractivity contribution in [2.24, 2.45) is 0 Å². The normalized spacial score (nSPS) is 11.6. The molecule has 0 aromatic carbocycles. The molecule has 98 valence electrons. The number of carbonyl (C=O) groups is 2. The highest BCUT2D eigenvalue weighted by Crippen LogP contribution is 2.16. The first-order valence-electron chi connectivity index (χ1n) is 5.00. The van der Waals surface area contributed by atoms with Gasteiger partial charge in [-0.2, -0.15) is 0 Å². The summed E-state index contributed by atoms with van der Waals surface area (Å²) in [5.41, 5.74) is -0.676. The van der Waals surface area contributed by atoms with Crippen LogP contribution in [0.5, 0.6) is 0 Å². The molecule has 6 heteroatoms. The van der Waals surface area contributed by atoms with Gasteiger partial charge in [0.05, 0.1) is 0 Å². The zero-order valence-electron chi connectivity index (χ0n) is 10.7. The number of hydrogen-bond donors (Lipinski definition) is 0. The van der Waals surface area contributed by atoms with E-state index >= 15 is 0 Å². The third-order valence-corrected chi connectivity index (χ3v) is 1.21. The van der Waals surface area contributed by atoms with Crippen LogP contribution in [0.4, 0.5) is 4.79 Å². The second-order valence-electron chi connectivity index (χ2n) is 4.66. The van der Waals surface area contributed by atoms with Gasteiger partial charge in [0, 0.05) is 19.9 Å². The van der Waals surface area contributed by atoms with E-state index in [2.05, 4.69) is 16.4 Å². The average Bonchev–Trinajstić information content (AvgIpc) is 2.10. The second-order valence-corrected chi connectivity index (χ2v) is 4.66. The SMILES string of the molecule is C=CC(=O)OOC(C)(C)OC(=O)OC(C)(C)C. The van der Waals surface area contributed by atoms with Crippen molar-refractivity contribution in [3.8, 4) is 0 Å². The van der Waals surface area contributed by atoms with Crippen molar-refractivity contribution in [1.82, 2.24) is 0 Å². The number of hydrogen-bond acceptors (Lipinski definition) is 6. The molecule has 0 N–H and O–H groups in total. The molecule has 17 heavy (non-hydrogen) atoms. The first-order valence-corrected chi connectivity index (χ1v) is 5.00. The molecule has 0 amide bonds. The number of rotatable bonds is 4. The van der Waals surface area contributed by atoms with Gasteiger partial charge in [-0.1, -0.05) is 6.58 Å². The Morgan fingerprint density at radius 2 is 1.59 bits per heavy atom. The molecule has 0 aliphatic rings. The fraction of sp³-hybridized carbons (Fsp3) is 0.636. The van der Waals surface area contributed by atoms with Gasteiger partial charge in [0.1, 0.15) is 5.60 Å². The lowest BCUT2D eigenvalue weighted by Gasteiger charge is -2.25. The minimum atomic E-state index is -1.44. The largest absolute Gasteiger partial charge is 0.511 e. The van der Waals surface area contributed by atoms with Crippen LogP contribution in [0.3, 0.4) is 0 Å². The van der Waals surface area contributed by atoms with Crippen molar-refractivity contribution >= 4 is 12.1 Å². The molecule has 0 bridgehead atoms. The van der Waals surface area contributed by atoms with Crippen molar-refractivity contribution in [3.63, 3.8) is 0 Å². The fourth-order valence-electron chi connectivity index (χ4n) is 0.664. The van der Waals surface area contributed by atoms with E-state index in [-0.39, 0.29) is 0 Å². The van der Waals surface area contributed by atoms with Crippen LogP contribution < -0.4 is 0 Å². The van der Waals surface area contributed by atoms with Crippen molar-refractivity contribution in [3.05, 3.63) is 12.7 Å². The Morgan fingerprint density at radius 3 is 2.00 bits per heavy atom. The Morgan fingerprint density at radius 1 is 1.06 bits per heavy atom. The minimum absolute atomic E-state index is 0.676. The van der Waals surface area contributed by atoms with Gasteiger partial charge in [-0.3, -0.25) is 4.89 Å². The van der Waals surface area contributed by atoms with Crippen molar-refractivity contribution in [2.45, 2.75) is 46.0 Å². The van der Waals surface area contributed by atoms with Crippen LogP contribution in [0, 0.1) is 0 Å². The molecule has 0 aliphatic carbocycles. The average molecular weight is 246 g/mol. The van der Waals surface area contributed by atoms with Gasteiger partial charge in [-0.05, 0) is 20.8 Å². The third-order valence-electron chi connectivity index (χ3n) is 1.21. The molecule has 0 spiro atoms. The first-order chi connectivity index (χ1) is 7.56. The molecule has 0 rings (SSSR count). The minimum Gasteiger partial charge on any atom is -0.428 e. The Balaban J connectivity index is 4.20. The lowest BCUT2D eigenvalue weighted by atomic mass is 10.2. The predicted molar refractivity (Wildman–Crippen MR) is 58.8 cm³/mol. The summed E-state index contributed by atoms with van der Waals surface area (Å²) in [5.74, 6) is -2.23. The molecule has 0 unspecified atom stereocenters. The van der Waals surface area contributed by atoms with Gasteiger partial charge < -0.3 is 9.47 Å². The van der Waals surface area contributed by atoms with Crippen LogP contribution in [0.25, 0.3) is 0 Å². The molecular weight excluding hydrogens is 228 g/mol. The van der Waals surface area contributed by atoms with Crippen LogP contribution in [0.2, 0.25) is 0 Å². The van der Waals surface area contributed by atoms with Crippen molar-refractivity contribution < 1.29 is 28.8 Å². The van der Waals surface area contributed by atoms with Gasteiger partial charge in [0.15, 0.2) is 0 Å². The van der Waals surface area contributed by atoms with E-state index in [0.29, 0.717) is 0 Å². The molecule has 0 fully saturated rings. The molecule has 0 atom stereocenters. The maximum atomic E-state index is 11.3. The highest BCUT2D eigenvalue weighted by Gasteiger charge is 2.29. The molecule has 0 saturated carbocycles. The van der Waals surface area contributed by atoms with E-state index in [1.807, 2.05) is 0 Å². The van der Waals surface area contributed by atoms with E-state index < -0.39 is 23.5 Å². The van der Waals surface area contributed by atoms with Gasteiger partial charge in [0.25, 0.3) is 5.79 Å². The van der Waals surface area contributed by atoms with E-state index in [4.69, 9.17) is 9.47 Å². The van der Waals surface area contributed by atoms with Crippen LogP contribution in [0.1, 0.15) is 34.6 Å². The predicted octanol–water partition coefficient (Wildman–Crippen LogP) is 2.33. The monoisotopic (exact) mass is 246 g/mol. The second kappa shape index (κ2) is 5.67. The summed E-state index contributed by atoms with van der Waals surface area (Å²) >= 11 is 0. The summed E-state index contributed by atoms with van der Waals surface area (Å²) in [5, 5.41) is 0. The summed E-state index contributed by atoms with van der Waals surface area (Å²) < 4.78 is 9.72. The van der Waals surface area contributed by atoms with E-state index in [1.54, 1.807) is 20.8 Å². The maximum absolute atomic E-state index is 11.3. The summed E-state index contributed by atoms with van der Waals surface area (Å²) in [4.78, 5) is 31.0. The van der Waals surface area contributed by atoms with Crippen molar-refractivity contribution in [1.29, 1.82) is 0 Å². The highest BCUT2D eigenvalue weighted by molar-refractivity contribution is 5.80. The molecule has 0 saturated heterocycles. The van der Waals surface area contributed by atoms with Gasteiger partial charge >= 0.3 is 12.1 Å². The van der Waals surface area contributed by atoms with Gasteiger partial charge in [0.2, 0.25) is 0 Å². The lowest BCUT2D eigenvalue weighted by molar-refractivity contribution is -0.379. The van der Waals surface area contributed by atoms with Crippen LogP contribution in [0.15, 0.2) is 12.7 Å². The Hall–Kier alpha value is -1.56. The first kappa shape index (κ1) is 15.4. The molecule has 0 aliphatic heterocycles. The molecule has 0 aromatic rings. The zero-order chi connectivity index (χ0) is 13.7. The topological polar surface area (TPSA) is 71.1 Å². The summed E-state index contributed by atoms with van der Waals surface area (Å²) in [6.45, 7) is 11.1. The standard InChI is InChI=1S/C11H18O6/c1-7-8(12)16-17-11(5,6)15-9(13)14-10(2,3)4/h7H,1H2,2-6H3. The third kappa shape index (κ3) is 8.27. The quantitative estimate of drug-likeness (QED) is 0.249.